The van der Waals surface area contributed by atoms with Gasteiger partial charge in [0.15, 0.2) is 0 Å². The Morgan fingerprint density at radius 3 is 2.03 bits per heavy atom. The summed E-state index contributed by atoms with van der Waals surface area (Å²) in [5.41, 5.74) is 6.42. The van der Waals surface area contributed by atoms with Gasteiger partial charge in [-0.15, -0.1) is 0 Å². The highest BCUT2D eigenvalue weighted by Crippen LogP contribution is 2.21. The highest BCUT2D eigenvalue weighted by molar-refractivity contribution is 5.90. The molecule has 0 unspecified atom stereocenters. The van der Waals surface area contributed by atoms with Crippen LogP contribution in [-0.4, -0.2) is 16.0 Å². The molecule has 0 saturated carbocycles. The Balaban J connectivity index is 1.49. The van der Waals surface area contributed by atoms with Gasteiger partial charge in [0.25, 0.3) is 5.91 Å². The maximum atomic E-state index is 11.2. The maximum absolute atomic E-state index is 11.2. The largest absolute Gasteiger partial charge is 0.460 e. The number of benzene rings is 3. The van der Waals surface area contributed by atoms with Gasteiger partial charge in [-0.25, -0.2) is 5.48 Å². The number of furan rings is 1. The molecule has 0 aliphatic rings. The zero-order valence-corrected chi connectivity index (χ0v) is 18.2. The first-order valence-electron chi connectivity index (χ1n) is 10.8. The van der Waals surface area contributed by atoms with Crippen molar-refractivity contribution in [1.29, 1.82) is 0 Å². The number of amides is 1. The van der Waals surface area contributed by atoms with E-state index < -0.39 is 5.91 Å². The number of nitrogens with zero attached hydrogens (tertiary/aromatic N) is 1. The Bertz CT molecular complexity index is 1180. The Labute approximate surface area is 193 Å². The molecule has 0 fully saturated rings. The van der Waals surface area contributed by atoms with Crippen LogP contribution in [0.2, 0.25) is 0 Å². The average molecular weight is 439 g/mol. The van der Waals surface area contributed by atoms with E-state index in [1.807, 2.05) is 48.5 Å². The van der Waals surface area contributed by atoms with Crippen LogP contribution in [-0.2, 0) is 24.4 Å². The third-order valence-corrected chi connectivity index (χ3v) is 5.29. The molecule has 2 N–H and O–H groups in total. The Morgan fingerprint density at radius 2 is 1.36 bits per heavy atom. The van der Waals surface area contributed by atoms with Crippen molar-refractivity contribution < 1.29 is 14.4 Å². The highest BCUT2D eigenvalue weighted by atomic mass is 16.5. The molecule has 0 aliphatic heterocycles. The molecule has 5 nitrogen and oxygen atoms in total. The predicted molar refractivity (Wildman–Crippen MR) is 129 cm³/mol. The Kier molecular flexibility index (Phi) is 7.48. The lowest BCUT2D eigenvalue weighted by atomic mass is 10.0. The fraction of sp³-hybridized carbons (Fsp3) is 0.107. The van der Waals surface area contributed by atoms with Crippen LogP contribution >= 0.6 is 0 Å². The molecule has 0 aliphatic carbocycles. The standard InChI is InChI=1S/C28H26N2O3/c31-28(29-32)18-17-26-15-16-27(33-26)21-30(19-22-7-3-1-4-8-22)20-23-11-13-25(14-12-23)24-9-5-2-6-10-24/h1-18,32H,19-21H2,(H,29,31)/b18-17+. The molecular formula is C28H26N2O3. The summed E-state index contributed by atoms with van der Waals surface area (Å²) in [4.78, 5) is 13.5. The summed E-state index contributed by atoms with van der Waals surface area (Å²) in [5, 5.41) is 8.61. The Morgan fingerprint density at radius 1 is 0.758 bits per heavy atom. The quantitative estimate of drug-likeness (QED) is 0.201. The van der Waals surface area contributed by atoms with E-state index in [-0.39, 0.29) is 0 Å². The lowest BCUT2D eigenvalue weighted by Gasteiger charge is -2.22. The zero-order valence-electron chi connectivity index (χ0n) is 18.2. The molecular weight excluding hydrogens is 412 g/mol. The number of hydrogen-bond acceptors (Lipinski definition) is 4. The molecule has 0 bridgehead atoms. The van der Waals surface area contributed by atoms with E-state index in [4.69, 9.17) is 9.62 Å². The summed E-state index contributed by atoms with van der Waals surface area (Å²) < 4.78 is 5.87. The van der Waals surface area contributed by atoms with Crippen LogP contribution in [0.15, 0.2) is 108 Å². The molecule has 3 aromatic carbocycles. The van der Waals surface area contributed by atoms with E-state index in [2.05, 4.69) is 53.4 Å². The molecule has 5 heteroatoms. The van der Waals surface area contributed by atoms with E-state index in [1.165, 1.54) is 34.4 Å². The van der Waals surface area contributed by atoms with E-state index in [0.29, 0.717) is 12.3 Å². The van der Waals surface area contributed by atoms with E-state index >= 15 is 0 Å². The van der Waals surface area contributed by atoms with Gasteiger partial charge in [-0.05, 0) is 40.5 Å². The molecule has 1 amide bonds. The SMILES string of the molecule is O=C(/C=C/c1ccc(CN(Cc2ccccc2)Cc2ccc(-c3ccccc3)cc2)o1)NO. The van der Waals surface area contributed by atoms with Crippen LogP contribution in [0.4, 0.5) is 0 Å². The van der Waals surface area contributed by atoms with E-state index in [9.17, 15) is 4.79 Å². The van der Waals surface area contributed by atoms with Crippen molar-refractivity contribution in [1.82, 2.24) is 10.4 Å². The third kappa shape index (κ3) is 6.53. The van der Waals surface area contributed by atoms with Gasteiger partial charge in [0.2, 0.25) is 0 Å². The fourth-order valence-electron chi connectivity index (χ4n) is 3.69. The molecule has 0 radical (unpaired) electrons. The third-order valence-electron chi connectivity index (χ3n) is 5.29. The number of hydrogen-bond donors (Lipinski definition) is 2. The number of carbonyl (C=O) groups excluding carboxylic acids is 1. The molecule has 4 rings (SSSR count). The van der Waals surface area contributed by atoms with Crippen molar-refractivity contribution in [3.8, 4) is 11.1 Å². The van der Waals surface area contributed by atoms with Crippen LogP contribution < -0.4 is 5.48 Å². The van der Waals surface area contributed by atoms with Crippen molar-refractivity contribution in [3.63, 3.8) is 0 Å². The fourth-order valence-corrected chi connectivity index (χ4v) is 3.69. The average Bonchev–Trinajstić information content (AvgIpc) is 3.31. The predicted octanol–water partition coefficient (Wildman–Crippen LogP) is 5.67. The second-order valence-corrected chi connectivity index (χ2v) is 7.81. The number of nitrogens with one attached hydrogen (secondary N) is 1. The first-order chi connectivity index (χ1) is 16.2. The molecule has 33 heavy (non-hydrogen) atoms. The molecule has 0 atom stereocenters. The Hall–Kier alpha value is -3.93. The minimum Gasteiger partial charge on any atom is -0.460 e. The lowest BCUT2D eigenvalue weighted by molar-refractivity contribution is -0.124. The second kappa shape index (κ2) is 11.1. The summed E-state index contributed by atoms with van der Waals surface area (Å²) >= 11 is 0. The maximum Gasteiger partial charge on any atom is 0.267 e. The monoisotopic (exact) mass is 438 g/mol. The molecule has 0 saturated heterocycles. The summed E-state index contributed by atoms with van der Waals surface area (Å²) in [6.45, 7) is 2.16. The van der Waals surface area contributed by atoms with E-state index in [0.717, 1.165) is 18.8 Å². The first kappa shape index (κ1) is 22.3. The van der Waals surface area contributed by atoms with E-state index in [1.54, 1.807) is 5.48 Å². The van der Waals surface area contributed by atoms with Crippen LogP contribution in [0.3, 0.4) is 0 Å². The van der Waals surface area contributed by atoms with Crippen molar-refractivity contribution in [3.05, 3.63) is 126 Å². The van der Waals surface area contributed by atoms with Gasteiger partial charge in [-0.2, -0.15) is 0 Å². The van der Waals surface area contributed by atoms with Crippen molar-refractivity contribution in [2.75, 3.05) is 0 Å². The summed E-state index contributed by atoms with van der Waals surface area (Å²) in [7, 11) is 0. The van der Waals surface area contributed by atoms with Crippen LogP contribution in [0.5, 0.6) is 0 Å². The summed E-state index contributed by atoms with van der Waals surface area (Å²) in [5.74, 6) is 0.758. The van der Waals surface area contributed by atoms with Crippen molar-refractivity contribution in [2.45, 2.75) is 19.6 Å². The van der Waals surface area contributed by atoms with Crippen LogP contribution in [0.25, 0.3) is 17.2 Å². The van der Waals surface area contributed by atoms with Gasteiger partial charge in [0.1, 0.15) is 11.5 Å². The number of hydroxylamine groups is 1. The van der Waals surface area contributed by atoms with Gasteiger partial charge in [-0.3, -0.25) is 14.9 Å². The van der Waals surface area contributed by atoms with Gasteiger partial charge in [-0.1, -0.05) is 84.9 Å². The smallest absolute Gasteiger partial charge is 0.267 e. The normalized spacial score (nSPS) is 11.2. The molecule has 1 heterocycles. The first-order valence-corrected chi connectivity index (χ1v) is 10.8. The second-order valence-electron chi connectivity index (χ2n) is 7.81. The molecule has 1 aromatic heterocycles. The van der Waals surface area contributed by atoms with Crippen molar-refractivity contribution in [2.24, 2.45) is 0 Å². The number of carbonyl (C=O) groups is 1. The topological polar surface area (TPSA) is 65.7 Å². The lowest BCUT2D eigenvalue weighted by Crippen LogP contribution is -2.22. The molecule has 4 aromatic rings. The zero-order chi connectivity index (χ0) is 22.9. The van der Waals surface area contributed by atoms with Gasteiger partial charge >= 0.3 is 0 Å². The minimum absolute atomic E-state index is 0.556. The van der Waals surface area contributed by atoms with Crippen LogP contribution in [0, 0.1) is 0 Å². The van der Waals surface area contributed by atoms with Gasteiger partial charge < -0.3 is 4.42 Å². The van der Waals surface area contributed by atoms with Gasteiger partial charge in [0, 0.05) is 19.2 Å². The minimum atomic E-state index is -0.599. The van der Waals surface area contributed by atoms with Crippen LogP contribution in [0.1, 0.15) is 22.6 Å². The van der Waals surface area contributed by atoms with Gasteiger partial charge in [0.05, 0.1) is 6.54 Å². The number of rotatable bonds is 9. The van der Waals surface area contributed by atoms with Crippen molar-refractivity contribution >= 4 is 12.0 Å². The summed E-state index contributed by atoms with van der Waals surface area (Å²) in [6.07, 6.45) is 2.75. The molecule has 166 valence electrons. The highest BCUT2D eigenvalue weighted by Gasteiger charge is 2.11. The molecule has 0 spiro atoms. The summed E-state index contributed by atoms with van der Waals surface area (Å²) in [6, 6.07) is 33.1.